The van der Waals surface area contributed by atoms with Crippen LogP contribution in [0, 0.1) is 6.92 Å². The number of hydrogen-bond donors (Lipinski definition) is 0. The van der Waals surface area contributed by atoms with Crippen LogP contribution in [0.25, 0.3) is 0 Å². The van der Waals surface area contributed by atoms with Crippen LogP contribution in [0.1, 0.15) is 18.4 Å². The molecule has 5 nitrogen and oxygen atoms in total. The van der Waals surface area contributed by atoms with Crippen molar-refractivity contribution in [2.24, 2.45) is 0 Å². The number of carbonyl (C=O) groups excluding carboxylic acids is 1. The molecule has 0 saturated carbocycles. The molecule has 0 N–H and O–H groups in total. The van der Waals surface area contributed by atoms with Crippen molar-refractivity contribution in [3.63, 3.8) is 0 Å². The summed E-state index contributed by atoms with van der Waals surface area (Å²) in [5.41, 5.74) is 3.67. The Hall–Kier alpha value is -3.30. The first-order chi connectivity index (χ1) is 16.0. The van der Waals surface area contributed by atoms with E-state index in [0.29, 0.717) is 25.2 Å². The lowest BCUT2D eigenvalue weighted by Gasteiger charge is -2.47. The van der Waals surface area contributed by atoms with Crippen molar-refractivity contribution in [3.05, 3.63) is 103 Å². The highest BCUT2D eigenvalue weighted by atomic mass is 31.2. The summed E-state index contributed by atoms with van der Waals surface area (Å²) in [6, 6.07) is 27.5. The molecular weight excluding hydrogens is 429 g/mol. The third kappa shape index (κ3) is 3.67. The molecule has 3 aromatic rings. The molecule has 1 unspecified atom stereocenters. The van der Waals surface area contributed by atoms with Crippen LogP contribution in [0.5, 0.6) is 0 Å². The molecule has 2 aliphatic heterocycles. The second kappa shape index (κ2) is 8.57. The van der Waals surface area contributed by atoms with E-state index in [2.05, 4.69) is 6.58 Å². The van der Waals surface area contributed by atoms with Gasteiger partial charge in [-0.15, -0.1) is 0 Å². The van der Waals surface area contributed by atoms with E-state index in [1.807, 2.05) is 101 Å². The maximum absolute atomic E-state index is 15.2. The molecule has 0 radical (unpaired) electrons. The number of hydrogen-bond acceptors (Lipinski definition) is 2. The van der Waals surface area contributed by atoms with Crippen molar-refractivity contribution in [2.75, 3.05) is 27.3 Å². The Kier molecular flexibility index (Phi) is 5.59. The van der Waals surface area contributed by atoms with E-state index in [9.17, 15) is 4.79 Å². The Bertz CT molecular complexity index is 1160. The Labute approximate surface area is 195 Å². The van der Waals surface area contributed by atoms with Crippen LogP contribution in [-0.4, -0.2) is 24.7 Å². The monoisotopic (exact) mass is 457 g/mol. The zero-order valence-corrected chi connectivity index (χ0v) is 19.7. The summed E-state index contributed by atoms with van der Waals surface area (Å²) in [6.07, 6.45) is 1.23. The zero-order chi connectivity index (χ0) is 23.0. The summed E-state index contributed by atoms with van der Waals surface area (Å²) in [5.74, 6) is -0.143. The third-order valence-electron chi connectivity index (χ3n) is 6.49. The zero-order valence-electron chi connectivity index (χ0n) is 18.8. The lowest BCUT2D eigenvalue weighted by Crippen LogP contribution is -2.45. The van der Waals surface area contributed by atoms with Gasteiger partial charge in [-0.1, -0.05) is 60.7 Å². The number of benzene rings is 3. The molecule has 2 fully saturated rings. The van der Waals surface area contributed by atoms with E-state index < -0.39 is 13.1 Å². The molecule has 0 aliphatic carbocycles. The first-order valence-corrected chi connectivity index (χ1v) is 13.0. The first-order valence-electron chi connectivity index (χ1n) is 11.3. The number of rotatable bonds is 4. The molecule has 0 bridgehead atoms. The van der Waals surface area contributed by atoms with Gasteiger partial charge in [-0.05, 0) is 49.7 Å². The molecule has 2 heterocycles. The minimum atomic E-state index is -3.37. The molecule has 0 spiro atoms. The van der Waals surface area contributed by atoms with Crippen LogP contribution in [0.2, 0.25) is 0 Å². The molecule has 1 atom stereocenters. The van der Waals surface area contributed by atoms with Crippen LogP contribution >= 0.6 is 7.44 Å². The van der Waals surface area contributed by atoms with Gasteiger partial charge < -0.3 is 9.34 Å². The fourth-order valence-electron chi connectivity index (χ4n) is 4.89. The Morgan fingerprint density at radius 1 is 0.788 bits per heavy atom. The topological polar surface area (TPSA) is 43.9 Å². The molecule has 5 rings (SSSR count). The highest BCUT2D eigenvalue weighted by Crippen LogP contribution is 2.65. The van der Waals surface area contributed by atoms with Gasteiger partial charge in [0.05, 0.1) is 0 Å². The molecule has 2 aliphatic rings. The number of anilines is 3. The average Bonchev–Trinajstić information content (AvgIpc) is 3.15. The van der Waals surface area contributed by atoms with Crippen LogP contribution < -0.4 is 14.2 Å². The number of nitrogens with zero attached hydrogens (tertiary/aromatic N) is 3. The maximum atomic E-state index is 15.2. The highest BCUT2D eigenvalue weighted by Gasteiger charge is 2.54. The molecule has 33 heavy (non-hydrogen) atoms. The summed E-state index contributed by atoms with van der Waals surface area (Å²) < 4.78 is 19.2. The van der Waals surface area contributed by atoms with Crippen LogP contribution in [0.4, 0.5) is 17.1 Å². The number of para-hydroxylation sites is 2. The number of carbonyl (C=O) groups is 1. The Morgan fingerprint density at radius 3 is 1.82 bits per heavy atom. The van der Waals surface area contributed by atoms with Crippen molar-refractivity contribution in [3.8, 4) is 0 Å². The number of aryl methyl sites for hydroxylation is 1. The quantitative estimate of drug-likeness (QED) is 0.436. The van der Waals surface area contributed by atoms with Crippen LogP contribution in [0.15, 0.2) is 97.2 Å². The van der Waals surface area contributed by atoms with Crippen molar-refractivity contribution in [1.29, 1.82) is 0 Å². The molecule has 3 aromatic carbocycles. The smallest absolute Gasteiger partial charge is 0.275 e. The van der Waals surface area contributed by atoms with Gasteiger partial charge in [0.15, 0.2) is 0 Å². The van der Waals surface area contributed by atoms with Crippen LogP contribution in [-0.2, 0) is 9.36 Å². The first kappa shape index (κ1) is 21.5. The summed E-state index contributed by atoms with van der Waals surface area (Å²) in [7, 11) is -3.37. The summed E-state index contributed by atoms with van der Waals surface area (Å²) in [5, 5.41) is 0. The second-order valence-electron chi connectivity index (χ2n) is 8.66. The minimum absolute atomic E-state index is 0.143. The lowest BCUT2D eigenvalue weighted by atomic mass is 10.2. The van der Waals surface area contributed by atoms with Crippen molar-refractivity contribution in [1.82, 2.24) is 0 Å². The van der Waals surface area contributed by atoms with Crippen molar-refractivity contribution in [2.45, 2.75) is 25.4 Å². The Balaban J connectivity index is 1.61. The highest BCUT2D eigenvalue weighted by molar-refractivity contribution is 7.69. The van der Waals surface area contributed by atoms with Crippen molar-refractivity contribution < 1.29 is 9.36 Å². The lowest BCUT2D eigenvalue weighted by molar-refractivity contribution is -0.116. The van der Waals surface area contributed by atoms with Crippen molar-refractivity contribution >= 4 is 30.4 Å². The van der Waals surface area contributed by atoms with E-state index >= 15 is 4.57 Å². The molecular formula is C27H28N3O2P. The largest absolute Gasteiger partial charge is 0.306 e. The normalized spacial score (nSPS) is 20.4. The summed E-state index contributed by atoms with van der Waals surface area (Å²) >= 11 is 0. The van der Waals surface area contributed by atoms with Gasteiger partial charge in [-0.3, -0.25) is 14.3 Å². The van der Waals surface area contributed by atoms with E-state index in [1.165, 1.54) is 0 Å². The van der Waals surface area contributed by atoms with Gasteiger partial charge in [-0.25, -0.2) is 0 Å². The summed E-state index contributed by atoms with van der Waals surface area (Å²) in [6.45, 7) is 7.51. The average molecular weight is 458 g/mol. The molecule has 2 saturated heterocycles. The standard InChI is InChI=1S/C27H28N3O2P/c1-21-14-16-25(17-15-21)30-22(2)20-26(27(30)31)33(32)28(23-10-5-3-6-11-23)18-9-19-29(33)24-12-7-4-8-13-24/h3-8,10-17,26H,2,9,18-20H2,1H3. The van der Waals surface area contributed by atoms with Crippen LogP contribution in [0.3, 0.4) is 0 Å². The van der Waals surface area contributed by atoms with Gasteiger partial charge >= 0.3 is 0 Å². The van der Waals surface area contributed by atoms with Gasteiger partial charge in [0.25, 0.3) is 7.44 Å². The minimum Gasteiger partial charge on any atom is -0.306 e. The molecule has 6 heteroatoms. The maximum Gasteiger partial charge on any atom is 0.275 e. The van der Waals surface area contributed by atoms with Gasteiger partial charge in [0.1, 0.15) is 5.66 Å². The van der Waals surface area contributed by atoms with Gasteiger partial charge in [0.2, 0.25) is 5.91 Å². The van der Waals surface area contributed by atoms with Gasteiger partial charge in [-0.2, -0.15) is 0 Å². The molecule has 0 aromatic heterocycles. The van der Waals surface area contributed by atoms with E-state index in [-0.39, 0.29) is 5.91 Å². The summed E-state index contributed by atoms with van der Waals surface area (Å²) in [4.78, 5) is 15.6. The predicted molar refractivity (Wildman–Crippen MR) is 136 cm³/mol. The Morgan fingerprint density at radius 2 is 1.30 bits per heavy atom. The van der Waals surface area contributed by atoms with E-state index in [0.717, 1.165) is 29.0 Å². The fourth-order valence-corrected chi connectivity index (χ4v) is 8.46. The molecule has 1 amide bonds. The number of amides is 1. The fraction of sp³-hybridized carbons (Fsp3) is 0.222. The van der Waals surface area contributed by atoms with E-state index in [1.54, 1.807) is 4.90 Å². The predicted octanol–water partition coefficient (Wildman–Crippen LogP) is 6.22. The van der Waals surface area contributed by atoms with Gasteiger partial charge in [0, 0.05) is 42.3 Å². The van der Waals surface area contributed by atoms with E-state index in [4.69, 9.17) is 0 Å². The second-order valence-corrected chi connectivity index (χ2v) is 11.4. The number of allylic oxidation sites excluding steroid dienone is 1. The molecule has 168 valence electrons. The third-order valence-corrected chi connectivity index (χ3v) is 9.95. The SMILES string of the molecule is C=C1CC(P2(=O)N(c3ccccc3)CCCN2c2ccccc2)C(=O)N1c1ccc(C)cc1.